The summed E-state index contributed by atoms with van der Waals surface area (Å²) in [5.74, 6) is -5.89. The SMILES string of the molecule is C=C(C)C(=O)OC(CCC(CC)(CCCCO)CCCCO)C(O)(OC(=O)C(=C)C)OC(=O)C(=C)C. The van der Waals surface area contributed by atoms with Crippen molar-refractivity contribution in [2.75, 3.05) is 13.2 Å². The van der Waals surface area contributed by atoms with Crippen LogP contribution in [-0.4, -0.2) is 58.5 Å². The quantitative estimate of drug-likeness (QED) is 0.102. The average Bonchev–Trinajstić information content (AvgIpc) is 2.80. The van der Waals surface area contributed by atoms with Crippen molar-refractivity contribution in [3.63, 3.8) is 0 Å². The lowest BCUT2D eigenvalue weighted by atomic mass is 9.72. The van der Waals surface area contributed by atoms with Crippen LogP contribution in [0, 0.1) is 5.41 Å². The molecular weight excluding hydrogens is 468 g/mol. The number of ether oxygens (including phenoxy) is 3. The molecule has 0 aliphatic heterocycles. The zero-order chi connectivity index (χ0) is 27.9. The Morgan fingerprint density at radius 2 is 1.17 bits per heavy atom. The number of carbonyl (C=O) groups excluding carboxylic acids is 3. The van der Waals surface area contributed by atoms with Gasteiger partial charge in [-0.3, -0.25) is 0 Å². The van der Waals surface area contributed by atoms with Crippen LogP contribution in [0.15, 0.2) is 36.5 Å². The lowest BCUT2D eigenvalue weighted by molar-refractivity contribution is -0.360. The van der Waals surface area contributed by atoms with Crippen LogP contribution in [0.1, 0.15) is 85.5 Å². The van der Waals surface area contributed by atoms with Gasteiger partial charge in [-0.2, -0.15) is 0 Å². The van der Waals surface area contributed by atoms with Crippen LogP contribution in [0.25, 0.3) is 0 Å². The minimum absolute atomic E-state index is 0.0193. The summed E-state index contributed by atoms with van der Waals surface area (Å²) in [5.41, 5.74) is -0.385. The van der Waals surface area contributed by atoms with Gasteiger partial charge in [-0.05, 0) is 64.7 Å². The molecule has 206 valence electrons. The molecule has 9 nitrogen and oxygen atoms in total. The van der Waals surface area contributed by atoms with Gasteiger partial charge in [0, 0.05) is 29.9 Å². The molecule has 0 aromatic rings. The van der Waals surface area contributed by atoms with Crippen LogP contribution in [0.3, 0.4) is 0 Å². The van der Waals surface area contributed by atoms with Crippen molar-refractivity contribution >= 4 is 17.9 Å². The van der Waals surface area contributed by atoms with Gasteiger partial charge < -0.3 is 29.5 Å². The predicted octanol–water partition coefficient (Wildman–Crippen LogP) is 3.86. The first kappa shape index (κ1) is 33.5. The molecule has 0 aromatic heterocycles. The normalized spacial score (nSPS) is 12.4. The molecule has 1 unspecified atom stereocenters. The summed E-state index contributed by atoms with van der Waals surface area (Å²) >= 11 is 0. The Hall–Kier alpha value is -2.49. The molecule has 3 N–H and O–H groups in total. The first-order chi connectivity index (χ1) is 16.8. The van der Waals surface area contributed by atoms with Crippen LogP contribution >= 0.6 is 0 Å². The second-order valence-corrected chi connectivity index (χ2v) is 9.40. The maximum absolute atomic E-state index is 12.5. The molecule has 0 aliphatic rings. The summed E-state index contributed by atoms with van der Waals surface area (Å²) < 4.78 is 15.7. The van der Waals surface area contributed by atoms with Crippen LogP contribution < -0.4 is 0 Å². The van der Waals surface area contributed by atoms with Crippen LogP contribution in [0.5, 0.6) is 0 Å². The van der Waals surface area contributed by atoms with E-state index in [4.69, 9.17) is 14.2 Å². The summed E-state index contributed by atoms with van der Waals surface area (Å²) in [7, 11) is 0. The standard InChI is InChI=1S/C27H44O9/c1-8-26(14-9-11-17-28,15-10-12-18-29)16-13-22(34-23(30)19(2)3)27(33,35-24(31)20(4)5)36-25(32)21(6)7/h22,28-29,33H,2,4,6,8-18H2,1,3,5,7H3. The van der Waals surface area contributed by atoms with Crippen molar-refractivity contribution in [3.05, 3.63) is 36.5 Å². The molecule has 1 atom stereocenters. The van der Waals surface area contributed by atoms with Gasteiger partial charge in [-0.15, -0.1) is 0 Å². The lowest BCUT2D eigenvalue weighted by Crippen LogP contribution is -2.52. The monoisotopic (exact) mass is 512 g/mol. The highest BCUT2D eigenvalue weighted by Gasteiger charge is 2.49. The number of rotatable bonds is 19. The first-order valence-corrected chi connectivity index (χ1v) is 12.4. The van der Waals surface area contributed by atoms with E-state index in [1.54, 1.807) is 0 Å². The number of aliphatic hydroxyl groups excluding tert-OH is 2. The topological polar surface area (TPSA) is 140 Å². The zero-order valence-corrected chi connectivity index (χ0v) is 22.3. The maximum atomic E-state index is 12.5. The maximum Gasteiger partial charge on any atom is 0.413 e. The smallest absolute Gasteiger partial charge is 0.413 e. The van der Waals surface area contributed by atoms with Crippen LogP contribution in [-0.2, 0) is 28.6 Å². The fourth-order valence-corrected chi connectivity index (χ4v) is 3.70. The minimum atomic E-state index is -2.94. The molecular formula is C27H44O9. The second kappa shape index (κ2) is 16.3. The Kier molecular flexibility index (Phi) is 15.2. The number of carbonyl (C=O) groups is 3. The third-order valence-corrected chi connectivity index (χ3v) is 6.10. The van der Waals surface area contributed by atoms with Crippen molar-refractivity contribution in [1.29, 1.82) is 0 Å². The van der Waals surface area contributed by atoms with Gasteiger partial charge >= 0.3 is 23.9 Å². The van der Waals surface area contributed by atoms with Gasteiger partial charge in [0.2, 0.25) is 6.10 Å². The van der Waals surface area contributed by atoms with Crippen molar-refractivity contribution in [2.24, 2.45) is 5.41 Å². The Morgan fingerprint density at radius 3 is 1.50 bits per heavy atom. The highest BCUT2D eigenvalue weighted by Crippen LogP contribution is 2.41. The van der Waals surface area contributed by atoms with E-state index in [9.17, 15) is 29.7 Å². The van der Waals surface area contributed by atoms with E-state index < -0.39 is 30.0 Å². The van der Waals surface area contributed by atoms with Crippen LogP contribution in [0.4, 0.5) is 0 Å². The van der Waals surface area contributed by atoms with E-state index in [1.165, 1.54) is 20.8 Å². The van der Waals surface area contributed by atoms with E-state index in [1.807, 2.05) is 6.92 Å². The Labute approximate surface area is 214 Å². The number of hydrogen-bond donors (Lipinski definition) is 3. The molecule has 0 fully saturated rings. The van der Waals surface area contributed by atoms with Gasteiger partial charge in [0.05, 0.1) is 0 Å². The first-order valence-electron chi connectivity index (χ1n) is 12.4. The second-order valence-electron chi connectivity index (χ2n) is 9.40. The molecule has 0 aromatic carbocycles. The number of hydrogen-bond acceptors (Lipinski definition) is 9. The number of aliphatic hydroxyl groups is 3. The molecule has 0 heterocycles. The predicted molar refractivity (Wildman–Crippen MR) is 135 cm³/mol. The Balaban J connectivity index is 6.27. The third-order valence-electron chi connectivity index (χ3n) is 6.10. The van der Waals surface area contributed by atoms with Crippen molar-refractivity contribution in [1.82, 2.24) is 0 Å². The summed E-state index contributed by atoms with van der Waals surface area (Å²) in [6.07, 6.45) is 3.77. The molecule has 0 radical (unpaired) electrons. The zero-order valence-electron chi connectivity index (χ0n) is 22.3. The highest BCUT2D eigenvalue weighted by atomic mass is 16.9. The van der Waals surface area contributed by atoms with Crippen molar-refractivity contribution < 1.29 is 43.9 Å². The van der Waals surface area contributed by atoms with Gasteiger partial charge in [-0.25, -0.2) is 14.4 Å². The molecule has 0 aliphatic carbocycles. The summed E-state index contributed by atoms with van der Waals surface area (Å²) in [6, 6.07) is 0. The van der Waals surface area contributed by atoms with E-state index in [0.29, 0.717) is 19.3 Å². The number of esters is 3. The van der Waals surface area contributed by atoms with Crippen molar-refractivity contribution in [2.45, 2.75) is 97.6 Å². The van der Waals surface area contributed by atoms with Crippen LogP contribution in [0.2, 0.25) is 0 Å². The molecule has 0 saturated carbocycles. The molecule has 0 saturated heterocycles. The average molecular weight is 513 g/mol. The molecule has 9 heteroatoms. The molecule has 0 rings (SSSR count). The molecule has 36 heavy (non-hydrogen) atoms. The molecule has 0 bridgehead atoms. The molecule has 0 spiro atoms. The van der Waals surface area contributed by atoms with Gasteiger partial charge in [0.15, 0.2) is 0 Å². The van der Waals surface area contributed by atoms with Gasteiger partial charge in [0.25, 0.3) is 0 Å². The van der Waals surface area contributed by atoms with Gasteiger partial charge in [0.1, 0.15) is 0 Å². The number of unbranched alkanes of at least 4 members (excludes halogenated alkanes) is 2. The fourth-order valence-electron chi connectivity index (χ4n) is 3.70. The fraction of sp³-hybridized carbons (Fsp3) is 0.667. The van der Waals surface area contributed by atoms with Crippen molar-refractivity contribution in [3.8, 4) is 0 Å². The minimum Gasteiger partial charge on any atom is -0.448 e. The lowest BCUT2D eigenvalue weighted by Gasteiger charge is -2.38. The Morgan fingerprint density at radius 1 is 0.750 bits per heavy atom. The highest BCUT2D eigenvalue weighted by molar-refractivity contribution is 5.89. The summed E-state index contributed by atoms with van der Waals surface area (Å²) in [4.78, 5) is 37.1. The van der Waals surface area contributed by atoms with Gasteiger partial charge in [-0.1, -0.05) is 45.9 Å². The Bertz CT molecular complexity index is 746. The summed E-state index contributed by atoms with van der Waals surface area (Å²) in [6.45, 7) is 16.7. The van der Waals surface area contributed by atoms with E-state index >= 15 is 0 Å². The van der Waals surface area contributed by atoms with E-state index in [-0.39, 0.29) is 41.8 Å². The largest absolute Gasteiger partial charge is 0.448 e. The van der Waals surface area contributed by atoms with E-state index in [0.717, 1.165) is 32.1 Å². The summed E-state index contributed by atoms with van der Waals surface area (Å²) in [5, 5.41) is 29.8. The van der Waals surface area contributed by atoms with E-state index in [2.05, 4.69) is 19.7 Å². The molecule has 0 amide bonds. The third kappa shape index (κ3) is 11.5.